The zero-order chi connectivity index (χ0) is 19.2. The average molecular weight is 372 g/mol. The maximum absolute atomic E-state index is 5.72. The number of ether oxygens (including phenoxy) is 4. The Kier molecular flexibility index (Phi) is 6.42. The van der Waals surface area contributed by atoms with Crippen LogP contribution >= 0.6 is 0 Å². The number of hydrogen-bond acceptors (Lipinski definition) is 6. The molecule has 1 fully saturated rings. The van der Waals surface area contributed by atoms with E-state index in [1.165, 1.54) is 0 Å². The lowest BCUT2D eigenvalue weighted by atomic mass is 9.93. The molecule has 27 heavy (non-hydrogen) atoms. The molecule has 1 aliphatic heterocycles. The molecule has 1 N–H and O–H groups in total. The van der Waals surface area contributed by atoms with Gasteiger partial charge in [0.25, 0.3) is 0 Å². The third-order valence-corrected chi connectivity index (χ3v) is 4.99. The first-order valence-corrected chi connectivity index (χ1v) is 9.11. The molecule has 1 heterocycles. The summed E-state index contributed by atoms with van der Waals surface area (Å²) in [7, 11) is 6.73. The van der Waals surface area contributed by atoms with Gasteiger partial charge >= 0.3 is 0 Å². The van der Waals surface area contributed by atoms with E-state index in [9.17, 15) is 0 Å². The molecule has 0 bridgehead atoms. The van der Waals surface area contributed by atoms with Crippen molar-refractivity contribution < 1.29 is 18.9 Å². The van der Waals surface area contributed by atoms with Crippen LogP contribution in [-0.4, -0.2) is 59.5 Å². The normalized spacial score (nSPS) is 15.9. The van der Waals surface area contributed by atoms with Gasteiger partial charge in [-0.15, -0.1) is 0 Å². The molecule has 6 heteroatoms. The molecule has 1 unspecified atom stereocenters. The number of benzene rings is 2. The Morgan fingerprint density at radius 1 is 0.815 bits per heavy atom. The van der Waals surface area contributed by atoms with Gasteiger partial charge in [0.15, 0.2) is 0 Å². The van der Waals surface area contributed by atoms with Crippen LogP contribution in [0.2, 0.25) is 0 Å². The van der Waals surface area contributed by atoms with Gasteiger partial charge < -0.3 is 24.3 Å². The molecule has 2 aromatic rings. The molecule has 0 aliphatic carbocycles. The highest BCUT2D eigenvalue weighted by Crippen LogP contribution is 2.44. The minimum Gasteiger partial charge on any atom is -0.497 e. The van der Waals surface area contributed by atoms with Gasteiger partial charge in [-0.3, -0.25) is 4.90 Å². The van der Waals surface area contributed by atoms with Gasteiger partial charge in [-0.25, -0.2) is 0 Å². The molecule has 0 amide bonds. The molecule has 0 radical (unpaired) electrons. The lowest BCUT2D eigenvalue weighted by molar-refractivity contribution is 0.189. The minimum absolute atomic E-state index is 0.0564. The molecular formula is C21H28N2O4. The smallest absolute Gasteiger partial charge is 0.127 e. The number of nitrogens with one attached hydrogen (secondary N) is 1. The van der Waals surface area contributed by atoms with Crippen LogP contribution < -0.4 is 24.3 Å². The summed E-state index contributed by atoms with van der Waals surface area (Å²) < 4.78 is 22.5. The third kappa shape index (κ3) is 3.96. The Hall–Kier alpha value is -2.44. The van der Waals surface area contributed by atoms with Crippen LogP contribution in [-0.2, 0) is 0 Å². The Labute approximate surface area is 161 Å². The van der Waals surface area contributed by atoms with E-state index in [0.717, 1.165) is 60.3 Å². The highest BCUT2D eigenvalue weighted by atomic mass is 16.5. The summed E-state index contributed by atoms with van der Waals surface area (Å²) >= 11 is 0. The zero-order valence-electron chi connectivity index (χ0n) is 16.5. The summed E-state index contributed by atoms with van der Waals surface area (Å²) in [5, 5.41) is 3.42. The molecule has 0 spiro atoms. The first-order chi connectivity index (χ1) is 13.2. The molecule has 0 saturated carbocycles. The van der Waals surface area contributed by atoms with Crippen LogP contribution in [0.1, 0.15) is 17.2 Å². The number of methoxy groups -OCH3 is 4. The summed E-state index contributed by atoms with van der Waals surface area (Å²) in [6, 6.07) is 11.8. The molecule has 0 aromatic heterocycles. The van der Waals surface area contributed by atoms with Gasteiger partial charge in [0.2, 0.25) is 0 Å². The molecule has 6 nitrogen and oxygen atoms in total. The predicted molar refractivity (Wildman–Crippen MR) is 105 cm³/mol. The van der Waals surface area contributed by atoms with Gasteiger partial charge in [-0.2, -0.15) is 0 Å². The highest BCUT2D eigenvalue weighted by molar-refractivity contribution is 5.54. The number of hydrogen-bond donors (Lipinski definition) is 1. The maximum Gasteiger partial charge on any atom is 0.127 e. The van der Waals surface area contributed by atoms with Crippen molar-refractivity contribution in [1.82, 2.24) is 10.2 Å². The van der Waals surface area contributed by atoms with Crippen molar-refractivity contribution in [3.05, 3.63) is 47.5 Å². The molecule has 1 aliphatic rings. The molecule has 2 aromatic carbocycles. The second-order valence-corrected chi connectivity index (χ2v) is 6.37. The van der Waals surface area contributed by atoms with E-state index in [-0.39, 0.29) is 6.04 Å². The third-order valence-electron chi connectivity index (χ3n) is 4.99. The predicted octanol–water partition coefficient (Wildman–Crippen LogP) is 2.72. The molecule has 1 atom stereocenters. The highest BCUT2D eigenvalue weighted by Gasteiger charge is 2.31. The Morgan fingerprint density at radius 2 is 1.44 bits per heavy atom. The van der Waals surface area contributed by atoms with Crippen LogP contribution in [0.5, 0.6) is 23.0 Å². The van der Waals surface area contributed by atoms with Crippen molar-refractivity contribution in [3.8, 4) is 23.0 Å². The quantitative estimate of drug-likeness (QED) is 0.807. The Balaban J connectivity index is 2.19. The Bertz CT molecular complexity index is 738. The molecule has 3 rings (SSSR count). The van der Waals surface area contributed by atoms with Crippen molar-refractivity contribution in [2.24, 2.45) is 0 Å². The standard InChI is InChI=1S/C21H28N2O4/c1-24-15-8-9-16(19(14-15)27-4)21(23-12-10-22-11-13-23)20-17(25-2)6-5-7-18(20)26-3/h5-9,14,21-22H,10-13H2,1-4H3. The fourth-order valence-electron chi connectivity index (χ4n) is 3.67. The minimum atomic E-state index is -0.0564. The van der Waals surface area contributed by atoms with Crippen LogP contribution in [0.4, 0.5) is 0 Å². The molecule has 1 saturated heterocycles. The fraction of sp³-hybridized carbons (Fsp3) is 0.429. The monoisotopic (exact) mass is 372 g/mol. The van der Waals surface area contributed by atoms with E-state index < -0.39 is 0 Å². The topological polar surface area (TPSA) is 52.2 Å². The van der Waals surface area contributed by atoms with Gasteiger partial charge in [0.05, 0.1) is 40.0 Å². The Morgan fingerprint density at radius 3 is 2.00 bits per heavy atom. The van der Waals surface area contributed by atoms with Crippen LogP contribution in [0.15, 0.2) is 36.4 Å². The number of piperazine rings is 1. The maximum atomic E-state index is 5.72. The van der Waals surface area contributed by atoms with E-state index in [1.807, 2.05) is 30.3 Å². The molecule has 146 valence electrons. The summed E-state index contributed by atoms with van der Waals surface area (Å²) in [4.78, 5) is 2.43. The van der Waals surface area contributed by atoms with Crippen LogP contribution in [0, 0.1) is 0 Å². The number of nitrogens with zero attached hydrogens (tertiary/aromatic N) is 1. The average Bonchev–Trinajstić information content (AvgIpc) is 2.74. The summed E-state index contributed by atoms with van der Waals surface area (Å²) in [5.41, 5.74) is 2.07. The van der Waals surface area contributed by atoms with Crippen molar-refractivity contribution in [2.75, 3.05) is 54.6 Å². The van der Waals surface area contributed by atoms with Gasteiger partial charge in [0, 0.05) is 37.8 Å². The second-order valence-electron chi connectivity index (χ2n) is 6.37. The van der Waals surface area contributed by atoms with E-state index >= 15 is 0 Å². The molecular weight excluding hydrogens is 344 g/mol. The first-order valence-electron chi connectivity index (χ1n) is 9.11. The van der Waals surface area contributed by atoms with E-state index in [4.69, 9.17) is 18.9 Å². The summed E-state index contributed by atoms with van der Waals surface area (Å²) in [6.07, 6.45) is 0. The van der Waals surface area contributed by atoms with Crippen molar-refractivity contribution in [2.45, 2.75) is 6.04 Å². The van der Waals surface area contributed by atoms with Gasteiger partial charge in [-0.1, -0.05) is 6.07 Å². The fourth-order valence-corrected chi connectivity index (χ4v) is 3.67. The lowest BCUT2D eigenvalue weighted by Gasteiger charge is -2.37. The zero-order valence-corrected chi connectivity index (χ0v) is 16.5. The van der Waals surface area contributed by atoms with Crippen molar-refractivity contribution >= 4 is 0 Å². The van der Waals surface area contributed by atoms with Crippen molar-refractivity contribution in [1.29, 1.82) is 0 Å². The van der Waals surface area contributed by atoms with E-state index in [0.29, 0.717) is 0 Å². The van der Waals surface area contributed by atoms with Crippen LogP contribution in [0.3, 0.4) is 0 Å². The van der Waals surface area contributed by atoms with E-state index in [2.05, 4.69) is 16.3 Å². The van der Waals surface area contributed by atoms with Crippen LogP contribution in [0.25, 0.3) is 0 Å². The van der Waals surface area contributed by atoms with Gasteiger partial charge in [0.1, 0.15) is 23.0 Å². The van der Waals surface area contributed by atoms with Crippen molar-refractivity contribution in [3.63, 3.8) is 0 Å². The second kappa shape index (κ2) is 8.97. The van der Waals surface area contributed by atoms with E-state index in [1.54, 1.807) is 28.4 Å². The SMILES string of the molecule is COc1ccc(C(c2c(OC)cccc2OC)N2CCNCC2)c(OC)c1. The number of rotatable bonds is 7. The summed E-state index contributed by atoms with van der Waals surface area (Å²) in [6.45, 7) is 3.71. The first kappa shape index (κ1) is 19.3. The summed E-state index contributed by atoms with van der Waals surface area (Å²) in [5.74, 6) is 3.15. The lowest BCUT2D eigenvalue weighted by Crippen LogP contribution is -2.45. The van der Waals surface area contributed by atoms with Gasteiger partial charge in [-0.05, 0) is 24.3 Å². The largest absolute Gasteiger partial charge is 0.497 e.